The van der Waals surface area contributed by atoms with Gasteiger partial charge in [-0.1, -0.05) is 0 Å². The molecule has 1 aromatic rings. The van der Waals surface area contributed by atoms with Crippen molar-refractivity contribution in [3.8, 4) is 0 Å². The van der Waals surface area contributed by atoms with Crippen LogP contribution in [0.15, 0.2) is 23.0 Å². The summed E-state index contributed by atoms with van der Waals surface area (Å²) in [7, 11) is 0. The summed E-state index contributed by atoms with van der Waals surface area (Å²) < 4.78 is 4.66. The third kappa shape index (κ3) is 0.967. The zero-order valence-corrected chi connectivity index (χ0v) is 4.27. The summed E-state index contributed by atoms with van der Waals surface area (Å²) in [5, 5.41) is 0. The fourth-order valence-electron chi connectivity index (χ4n) is 0.318. The van der Waals surface area contributed by atoms with Crippen molar-refractivity contribution in [3.63, 3.8) is 0 Å². The minimum absolute atomic E-state index is 0.779. The molecule has 0 unspecified atom stereocenters. The van der Waals surface area contributed by atoms with Gasteiger partial charge in [0.15, 0.2) is 0 Å². The molecule has 1 aromatic heterocycles. The fourth-order valence-corrected chi connectivity index (χ4v) is 0.426. The molecule has 2 heteroatoms. The Labute approximate surface area is 46.9 Å². The van der Waals surface area contributed by atoms with Gasteiger partial charge in [0, 0.05) is 5.56 Å². The first-order chi connectivity index (χ1) is 3.43. The summed E-state index contributed by atoms with van der Waals surface area (Å²) >= 11 is 5.16. The highest BCUT2D eigenvalue weighted by atomic mass is 35.5. The minimum atomic E-state index is 0.779. The molecule has 0 aliphatic heterocycles. The van der Waals surface area contributed by atoms with Crippen LogP contribution in [0.25, 0.3) is 0 Å². The monoisotopic (exact) mass is 114 g/mol. The third-order valence-corrected chi connectivity index (χ3v) is 0.849. The molecule has 0 saturated carbocycles. The predicted octanol–water partition coefficient (Wildman–Crippen LogP) is 1.91. The Morgan fingerprint density at radius 1 is 1.71 bits per heavy atom. The van der Waals surface area contributed by atoms with Crippen LogP contribution in [0.4, 0.5) is 0 Å². The first kappa shape index (κ1) is 4.72. The lowest BCUT2D eigenvalue weighted by molar-refractivity contribution is 0.566. The van der Waals surface area contributed by atoms with Crippen LogP contribution in [0.1, 0.15) is 5.56 Å². The third-order valence-electron chi connectivity index (χ3n) is 0.630. The van der Waals surface area contributed by atoms with E-state index in [9.17, 15) is 0 Å². The lowest BCUT2D eigenvalue weighted by Gasteiger charge is -1.72. The van der Waals surface area contributed by atoms with E-state index in [4.69, 9.17) is 11.6 Å². The summed E-state index contributed by atoms with van der Waals surface area (Å²) in [5.74, 6) is 2.39. The highest BCUT2D eigenvalue weighted by Crippen LogP contribution is 2.04. The average Bonchev–Trinajstić information content (AvgIpc) is 2.14. The van der Waals surface area contributed by atoms with E-state index < -0.39 is 0 Å². The Morgan fingerprint density at radius 3 is 2.86 bits per heavy atom. The van der Waals surface area contributed by atoms with Crippen LogP contribution in [0.2, 0.25) is 0 Å². The normalized spacial score (nSPS) is 9.29. The van der Waals surface area contributed by atoms with E-state index in [1.807, 2.05) is 0 Å². The number of hydrogen-bond acceptors (Lipinski definition) is 1. The van der Waals surface area contributed by atoms with E-state index in [0.29, 0.717) is 0 Å². The fraction of sp³-hybridized carbons (Fsp3) is 0. The van der Waals surface area contributed by atoms with Crippen LogP contribution in [0.5, 0.6) is 0 Å². The van der Waals surface area contributed by atoms with Crippen molar-refractivity contribution >= 4 is 11.6 Å². The second-order valence-electron chi connectivity index (χ2n) is 1.11. The van der Waals surface area contributed by atoms with Crippen LogP contribution in [0.3, 0.4) is 0 Å². The lowest BCUT2D eigenvalue weighted by atomic mass is 10.4. The van der Waals surface area contributed by atoms with E-state index in [2.05, 4.69) is 10.3 Å². The van der Waals surface area contributed by atoms with Crippen molar-refractivity contribution in [2.24, 2.45) is 0 Å². The molecule has 0 spiro atoms. The Balaban J connectivity index is 2.76. The van der Waals surface area contributed by atoms with Gasteiger partial charge in [-0.3, -0.25) is 0 Å². The zero-order valence-electron chi connectivity index (χ0n) is 3.52. The standard InChI is InChI=1S/C5H3ClO/c6-3-5-1-2-7-4-5/h1-2,4H. The van der Waals surface area contributed by atoms with Gasteiger partial charge >= 0.3 is 0 Å². The molecule has 36 valence electrons. The van der Waals surface area contributed by atoms with Crippen LogP contribution in [-0.2, 0) is 0 Å². The van der Waals surface area contributed by atoms with Crippen LogP contribution < -0.4 is 0 Å². The van der Waals surface area contributed by atoms with Crippen LogP contribution in [0, 0.1) is 5.88 Å². The van der Waals surface area contributed by atoms with Gasteiger partial charge in [0.25, 0.3) is 0 Å². The molecule has 0 saturated heterocycles. The Hall–Kier alpha value is -0.430. The molecule has 0 amide bonds. The second kappa shape index (κ2) is 2.03. The second-order valence-corrected chi connectivity index (χ2v) is 1.30. The number of rotatable bonds is 1. The molecule has 0 fully saturated rings. The van der Waals surface area contributed by atoms with Crippen molar-refractivity contribution in [1.29, 1.82) is 0 Å². The maximum Gasteiger partial charge on any atom is 0.123 e. The highest BCUT2D eigenvalue weighted by Gasteiger charge is 1.87. The first-order valence-corrected chi connectivity index (χ1v) is 2.20. The quantitative estimate of drug-likeness (QED) is 0.544. The van der Waals surface area contributed by atoms with Gasteiger partial charge in [-0.2, -0.15) is 0 Å². The largest absolute Gasteiger partial charge is 0.472 e. The average molecular weight is 115 g/mol. The maximum absolute atomic E-state index is 5.16. The Bertz CT molecular complexity index is 123. The van der Waals surface area contributed by atoms with Crippen LogP contribution >= 0.6 is 11.6 Å². The van der Waals surface area contributed by atoms with E-state index in [1.165, 1.54) is 6.26 Å². The molecule has 1 rings (SSSR count). The molecular formula is C5H3ClO. The molecule has 0 aliphatic rings. The smallest absolute Gasteiger partial charge is 0.123 e. The highest BCUT2D eigenvalue weighted by molar-refractivity contribution is 6.25. The minimum Gasteiger partial charge on any atom is -0.472 e. The van der Waals surface area contributed by atoms with Gasteiger partial charge in [-0.05, 0) is 6.07 Å². The van der Waals surface area contributed by atoms with Crippen molar-refractivity contribution in [2.45, 2.75) is 0 Å². The number of halogens is 1. The van der Waals surface area contributed by atoms with Gasteiger partial charge in [0.2, 0.25) is 0 Å². The molecule has 2 radical (unpaired) electrons. The molecule has 7 heavy (non-hydrogen) atoms. The molecule has 0 bridgehead atoms. The molecular weight excluding hydrogens is 112 g/mol. The van der Waals surface area contributed by atoms with Crippen molar-refractivity contribution in [1.82, 2.24) is 0 Å². The van der Waals surface area contributed by atoms with Crippen LogP contribution in [-0.4, -0.2) is 0 Å². The Kier molecular flexibility index (Phi) is 1.37. The van der Waals surface area contributed by atoms with Crippen molar-refractivity contribution in [2.75, 3.05) is 0 Å². The number of furan rings is 1. The SMILES string of the molecule is Cl[C]c1ccoc1. The topological polar surface area (TPSA) is 13.1 Å². The molecule has 1 nitrogen and oxygen atoms in total. The maximum atomic E-state index is 5.16. The summed E-state index contributed by atoms with van der Waals surface area (Å²) in [4.78, 5) is 0. The number of hydrogen-bond donors (Lipinski definition) is 0. The van der Waals surface area contributed by atoms with E-state index in [-0.39, 0.29) is 0 Å². The summed E-state index contributed by atoms with van der Waals surface area (Å²) in [5.41, 5.74) is 0.779. The van der Waals surface area contributed by atoms with E-state index in [1.54, 1.807) is 12.3 Å². The van der Waals surface area contributed by atoms with Gasteiger partial charge in [0.05, 0.1) is 12.5 Å². The van der Waals surface area contributed by atoms with E-state index in [0.717, 1.165) is 5.56 Å². The molecule has 0 atom stereocenters. The Morgan fingerprint density at radius 2 is 2.57 bits per heavy atom. The first-order valence-electron chi connectivity index (χ1n) is 1.82. The predicted molar refractivity (Wildman–Crippen MR) is 26.9 cm³/mol. The van der Waals surface area contributed by atoms with Gasteiger partial charge in [0.1, 0.15) is 5.88 Å². The molecule has 0 N–H and O–H groups in total. The van der Waals surface area contributed by atoms with Gasteiger partial charge in [-0.15, -0.1) is 11.6 Å². The van der Waals surface area contributed by atoms with Crippen molar-refractivity contribution < 1.29 is 4.42 Å². The lowest BCUT2D eigenvalue weighted by Crippen LogP contribution is -1.58. The summed E-state index contributed by atoms with van der Waals surface area (Å²) in [6, 6.07) is 1.73. The molecule has 1 heterocycles. The summed E-state index contributed by atoms with van der Waals surface area (Å²) in [6.07, 6.45) is 3.07. The van der Waals surface area contributed by atoms with Crippen molar-refractivity contribution in [3.05, 3.63) is 30.0 Å². The van der Waals surface area contributed by atoms with Gasteiger partial charge < -0.3 is 4.42 Å². The van der Waals surface area contributed by atoms with Gasteiger partial charge in [-0.25, -0.2) is 0 Å². The van der Waals surface area contributed by atoms with E-state index >= 15 is 0 Å². The molecule has 0 aliphatic carbocycles. The zero-order chi connectivity index (χ0) is 5.11. The molecule has 0 aromatic carbocycles. The summed E-state index contributed by atoms with van der Waals surface area (Å²) in [6.45, 7) is 0.